The van der Waals surface area contributed by atoms with Gasteiger partial charge in [0, 0.05) is 18.1 Å². The number of anilines is 1. The molecule has 2 aromatic rings. The summed E-state index contributed by atoms with van der Waals surface area (Å²) < 4.78 is 5.41. The zero-order chi connectivity index (χ0) is 18.7. The number of aromatic hydroxyl groups is 1. The van der Waals surface area contributed by atoms with Gasteiger partial charge in [-0.1, -0.05) is 23.9 Å². The van der Waals surface area contributed by atoms with Gasteiger partial charge in [0.15, 0.2) is 16.7 Å². The number of carbonyl (C=O) groups is 1. The SMILES string of the molecule is C=CCSc1nc2c(c(=O)[nH]1)C(c1ccc(O)c(OCC)c1)CC(=O)N2. The fourth-order valence-electron chi connectivity index (χ4n) is 2.86. The van der Waals surface area contributed by atoms with Crippen LogP contribution >= 0.6 is 11.8 Å². The molecule has 0 spiro atoms. The first kappa shape index (κ1) is 18.1. The topological polar surface area (TPSA) is 104 Å². The lowest BCUT2D eigenvalue weighted by Gasteiger charge is -2.25. The Kier molecular flexibility index (Phi) is 5.32. The van der Waals surface area contributed by atoms with Crippen LogP contribution in [0.4, 0.5) is 5.82 Å². The third kappa shape index (κ3) is 3.60. The maximum absolute atomic E-state index is 12.6. The Bertz CT molecular complexity index is 910. The van der Waals surface area contributed by atoms with E-state index in [1.807, 2.05) is 6.92 Å². The number of aromatic nitrogens is 2. The maximum Gasteiger partial charge on any atom is 0.257 e. The van der Waals surface area contributed by atoms with Gasteiger partial charge >= 0.3 is 0 Å². The van der Waals surface area contributed by atoms with Gasteiger partial charge in [0.05, 0.1) is 12.2 Å². The summed E-state index contributed by atoms with van der Waals surface area (Å²) in [5.41, 5.74) is 0.819. The van der Waals surface area contributed by atoms with E-state index < -0.39 is 5.92 Å². The number of fused-ring (bicyclic) bond motifs is 1. The maximum atomic E-state index is 12.6. The van der Waals surface area contributed by atoms with E-state index in [0.29, 0.717) is 34.4 Å². The number of ether oxygens (including phenoxy) is 1. The number of amides is 1. The Balaban J connectivity index is 2.06. The Labute approximate surface area is 154 Å². The average Bonchev–Trinajstić information content (AvgIpc) is 2.61. The fourth-order valence-corrected chi connectivity index (χ4v) is 3.46. The summed E-state index contributed by atoms with van der Waals surface area (Å²) in [5, 5.41) is 13.0. The lowest BCUT2D eigenvalue weighted by molar-refractivity contribution is -0.116. The third-order valence-corrected chi connectivity index (χ3v) is 4.82. The molecule has 1 aliphatic rings. The molecule has 136 valence electrons. The van der Waals surface area contributed by atoms with Crippen molar-refractivity contribution in [3.8, 4) is 11.5 Å². The predicted octanol–water partition coefficient (Wildman–Crippen LogP) is 2.63. The highest BCUT2D eigenvalue weighted by molar-refractivity contribution is 7.99. The van der Waals surface area contributed by atoms with Crippen molar-refractivity contribution in [1.82, 2.24) is 9.97 Å². The summed E-state index contributed by atoms with van der Waals surface area (Å²) >= 11 is 1.33. The van der Waals surface area contributed by atoms with E-state index in [4.69, 9.17) is 4.74 Å². The van der Waals surface area contributed by atoms with Gasteiger partial charge in [-0.15, -0.1) is 6.58 Å². The number of benzene rings is 1. The van der Waals surface area contributed by atoms with Crippen LogP contribution in [0.3, 0.4) is 0 Å². The van der Waals surface area contributed by atoms with Crippen molar-refractivity contribution in [2.45, 2.75) is 24.4 Å². The molecule has 1 atom stereocenters. The number of nitrogens with zero attached hydrogens (tertiary/aromatic N) is 1. The standard InChI is InChI=1S/C18H19N3O4S/c1-3-7-26-18-20-16-15(17(24)21-18)11(9-14(23)19-16)10-5-6-12(22)13(8-10)25-4-2/h3,5-6,8,11,22H,1,4,7,9H2,2H3,(H2,19,20,21,23,24). The summed E-state index contributed by atoms with van der Waals surface area (Å²) in [7, 11) is 0. The van der Waals surface area contributed by atoms with Gasteiger partial charge in [0.25, 0.3) is 5.56 Å². The van der Waals surface area contributed by atoms with Crippen LogP contribution in [0.1, 0.15) is 30.4 Å². The molecule has 0 aliphatic carbocycles. The van der Waals surface area contributed by atoms with E-state index in [0.717, 1.165) is 0 Å². The molecular weight excluding hydrogens is 354 g/mol. The van der Waals surface area contributed by atoms with Crippen molar-refractivity contribution >= 4 is 23.5 Å². The van der Waals surface area contributed by atoms with Crippen LogP contribution in [-0.2, 0) is 4.79 Å². The minimum atomic E-state index is -0.465. The van der Waals surface area contributed by atoms with E-state index in [-0.39, 0.29) is 29.5 Å². The third-order valence-electron chi connectivity index (χ3n) is 3.95. The Morgan fingerprint density at radius 2 is 2.27 bits per heavy atom. The zero-order valence-electron chi connectivity index (χ0n) is 14.2. The van der Waals surface area contributed by atoms with Crippen molar-refractivity contribution < 1.29 is 14.6 Å². The number of hydrogen-bond acceptors (Lipinski definition) is 6. The Morgan fingerprint density at radius 3 is 3.00 bits per heavy atom. The molecule has 0 radical (unpaired) electrons. The summed E-state index contributed by atoms with van der Waals surface area (Å²) in [6.45, 7) is 5.84. The van der Waals surface area contributed by atoms with Crippen LogP contribution in [0.15, 0.2) is 40.8 Å². The first-order valence-electron chi connectivity index (χ1n) is 8.17. The van der Waals surface area contributed by atoms with E-state index in [1.165, 1.54) is 17.8 Å². The number of H-pyrrole nitrogens is 1. The predicted molar refractivity (Wildman–Crippen MR) is 100 cm³/mol. The van der Waals surface area contributed by atoms with Crippen LogP contribution in [0.5, 0.6) is 11.5 Å². The van der Waals surface area contributed by atoms with E-state index in [1.54, 1.807) is 18.2 Å². The molecule has 1 aromatic heterocycles. The van der Waals surface area contributed by atoms with Crippen LogP contribution in [0.25, 0.3) is 0 Å². The van der Waals surface area contributed by atoms with Gasteiger partial charge < -0.3 is 20.1 Å². The summed E-state index contributed by atoms with van der Waals surface area (Å²) in [4.78, 5) is 31.9. The molecule has 0 saturated heterocycles. The van der Waals surface area contributed by atoms with Gasteiger partial charge in [0.1, 0.15) is 5.82 Å². The van der Waals surface area contributed by atoms with E-state index in [2.05, 4.69) is 21.9 Å². The van der Waals surface area contributed by atoms with Gasteiger partial charge in [0.2, 0.25) is 5.91 Å². The van der Waals surface area contributed by atoms with Crippen molar-refractivity contribution in [2.75, 3.05) is 17.7 Å². The molecule has 3 N–H and O–H groups in total. The summed E-state index contributed by atoms with van der Waals surface area (Å²) in [5.74, 6) is 0.515. The normalized spacial score (nSPS) is 15.9. The highest BCUT2D eigenvalue weighted by Crippen LogP contribution is 2.38. The van der Waals surface area contributed by atoms with Gasteiger partial charge in [-0.2, -0.15) is 0 Å². The van der Waals surface area contributed by atoms with Gasteiger partial charge in [-0.25, -0.2) is 4.98 Å². The first-order chi connectivity index (χ1) is 12.5. The highest BCUT2D eigenvalue weighted by Gasteiger charge is 2.31. The second-order valence-electron chi connectivity index (χ2n) is 5.70. The van der Waals surface area contributed by atoms with Crippen molar-refractivity contribution in [3.63, 3.8) is 0 Å². The van der Waals surface area contributed by atoms with Crippen molar-refractivity contribution in [3.05, 3.63) is 52.3 Å². The quantitative estimate of drug-likeness (QED) is 0.408. The van der Waals surface area contributed by atoms with Crippen LogP contribution in [-0.4, -0.2) is 33.3 Å². The minimum Gasteiger partial charge on any atom is -0.504 e. The molecule has 26 heavy (non-hydrogen) atoms. The summed E-state index contributed by atoms with van der Waals surface area (Å²) in [6.07, 6.45) is 1.82. The van der Waals surface area contributed by atoms with Crippen LogP contribution < -0.4 is 15.6 Å². The highest BCUT2D eigenvalue weighted by atomic mass is 32.2. The molecule has 7 nitrogen and oxygen atoms in total. The summed E-state index contributed by atoms with van der Waals surface area (Å²) in [6, 6.07) is 4.85. The lowest BCUT2D eigenvalue weighted by atomic mass is 9.86. The van der Waals surface area contributed by atoms with Crippen molar-refractivity contribution in [2.24, 2.45) is 0 Å². The zero-order valence-corrected chi connectivity index (χ0v) is 15.1. The van der Waals surface area contributed by atoms with Crippen LogP contribution in [0.2, 0.25) is 0 Å². The molecular formula is C18H19N3O4S. The molecule has 0 fully saturated rings. The molecule has 1 unspecified atom stereocenters. The molecule has 0 saturated carbocycles. The number of phenolic OH excluding ortho intramolecular Hbond substituents is 1. The molecule has 3 rings (SSSR count). The average molecular weight is 373 g/mol. The first-order valence-corrected chi connectivity index (χ1v) is 9.15. The smallest absolute Gasteiger partial charge is 0.257 e. The second kappa shape index (κ2) is 7.65. The van der Waals surface area contributed by atoms with E-state index >= 15 is 0 Å². The lowest BCUT2D eigenvalue weighted by Crippen LogP contribution is -2.31. The fraction of sp³-hybridized carbons (Fsp3) is 0.278. The Hall–Kier alpha value is -2.74. The molecule has 1 aliphatic heterocycles. The number of nitrogens with one attached hydrogen (secondary N) is 2. The van der Waals surface area contributed by atoms with E-state index in [9.17, 15) is 14.7 Å². The number of aromatic amines is 1. The monoisotopic (exact) mass is 373 g/mol. The minimum absolute atomic E-state index is 0.0132. The number of rotatable bonds is 6. The molecule has 0 bridgehead atoms. The molecule has 2 heterocycles. The molecule has 8 heteroatoms. The second-order valence-corrected chi connectivity index (χ2v) is 6.71. The van der Waals surface area contributed by atoms with Crippen molar-refractivity contribution in [1.29, 1.82) is 0 Å². The number of hydrogen-bond donors (Lipinski definition) is 3. The van der Waals surface area contributed by atoms with Gasteiger partial charge in [-0.05, 0) is 24.6 Å². The largest absolute Gasteiger partial charge is 0.504 e. The van der Waals surface area contributed by atoms with Gasteiger partial charge in [-0.3, -0.25) is 9.59 Å². The number of carbonyl (C=O) groups excluding carboxylic acids is 1. The Morgan fingerprint density at radius 1 is 1.46 bits per heavy atom. The number of thioether (sulfide) groups is 1. The van der Waals surface area contributed by atoms with Crippen LogP contribution in [0, 0.1) is 0 Å². The number of phenols is 1. The molecule has 1 aromatic carbocycles. The molecule has 1 amide bonds.